The van der Waals surface area contributed by atoms with Crippen LogP contribution < -0.4 is 9.47 Å². The van der Waals surface area contributed by atoms with E-state index in [4.69, 9.17) is 9.47 Å². The maximum atomic E-state index is 13.8. The number of rotatable bonds is 5. The second-order valence-corrected chi connectivity index (χ2v) is 8.28. The molecule has 8 nitrogen and oxygen atoms in total. The van der Waals surface area contributed by atoms with Gasteiger partial charge in [-0.25, -0.2) is 4.98 Å². The van der Waals surface area contributed by atoms with Crippen LogP contribution >= 0.6 is 0 Å². The Kier molecular flexibility index (Phi) is 4.84. The third-order valence-corrected chi connectivity index (χ3v) is 6.45. The molecule has 31 heavy (non-hydrogen) atoms. The molecule has 1 aliphatic carbocycles. The Morgan fingerprint density at radius 1 is 1.13 bits per heavy atom. The van der Waals surface area contributed by atoms with Crippen molar-refractivity contribution in [3.05, 3.63) is 60.0 Å². The van der Waals surface area contributed by atoms with Crippen molar-refractivity contribution in [3.63, 3.8) is 0 Å². The van der Waals surface area contributed by atoms with Gasteiger partial charge in [0.1, 0.15) is 17.5 Å². The van der Waals surface area contributed by atoms with E-state index in [9.17, 15) is 4.79 Å². The van der Waals surface area contributed by atoms with Crippen molar-refractivity contribution >= 4 is 5.91 Å². The lowest BCUT2D eigenvalue weighted by Gasteiger charge is -2.38. The number of pyridine rings is 1. The number of aromatic nitrogens is 4. The summed E-state index contributed by atoms with van der Waals surface area (Å²) >= 11 is 0. The minimum absolute atomic E-state index is 0.0103. The van der Waals surface area contributed by atoms with E-state index in [0.29, 0.717) is 28.8 Å². The summed E-state index contributed by atoms with van der Waals surface area (Å²) in [7, 11) is 1.60. The molecule has 2 aliphatic rings. The highest BCUT2D eigenvalue weighted by molar-refractivity contribution is 5.98. The molecule has 3 aromatic rings. The van der Waals surface area contributed by atoms with Crippen LogP contribution in [0.1, 0.15) is 35.7 Å². The minimum atomic E-state index is -0.0649. The van der Waals surface area contributed by atoms with Crippen molar-refractivity contribution in [1.82, 2.24) is 24.9 Å². The van der Waals surface area contributed by atoms with E-state index in [0.717, 1.165) is 18.4 Å². The molecule has 5 rings (SSSR count). The molecule has 3 heterocycles. The van der Waals surface area contributed by atoms with Gasteiger partial charge in [0, 0.05) is 24.4 Å². The Morgan fingerprint density at radius 2 is 1.94 bits per heavy atom. The van der Waals surface area contributed by atoms with E-state index in [2.05, 4.69) is 22.1 Å². The van der Waals surface area contributed by atoms with Gasteiger partial charge in [-0.2, -0.15) is 15.0 Å². The Morgan fingerprint density at radius 3 is 2.61 bits per heavy atom. The van der Waals surface area contributed by atoms with Crippen molar-refractivity contribution in [2.75, 3.05) is 7.11 Å². The van der Waals surface area contributed by atoms with Gasteiger partial charge in [0.2, 0.25) is 5.88 Å². The van der Waals surface area contributed by atoms with Crippen molar-refractivity contribution in [2.24, 2.45) is 5.92 Å². The number of nitrogens with zero attached hydrogens (tertiary/aromatic N) is 5. The third kappa shape index (κ3) is 3.41. The summed E-state index contributed by atoms with van der Waals surface area (Å²) in [6.07, 6.45) is 6.79. The molecule has 2 bridgehead atoms. The lowest BCUT2D eigenvalue weighted by molar-refractivity contribution is 0.0314. The highest BCUT2D eigenvalue weighted by atomic mass is 16.5. The fourth-order valence-electron chi connectivity index (χ4n) is 4.83. The molecule has 1 aliphatic heterocycles. The number of piperidine rings is 1. The van der Waals surface area contributed by atoms with Crippen LogP contribution in [0.15, 0.2) is 48.9 Å². The number of fused-ring (bicyclic) bond motifs is 2. The fourth-order valence-corrected chi connectivity index (χ4v) is 4.83. The second-order valence-electron chi connectivity index (χ2n) is 8.28. The van der Waals surface area contributed by atoms with Gasteiger partial charge >= 0.3 is 0 Å². The highest BCUT2D eigenvalue weighted by Gasteiger charge is 2.53. The molecule has 0 N–H and O–H groups in total. The van der Waals surface area contributed by atoms with Crippen molar-refractivity contribution < 1.29 is 14.3 Å². The molecule has 1 aromatic carbocycles. The molecule has 4 atom stereocenters. The molecule has 1 saturated carbocycles. The van der Waals surface area contributed by atoms with Gasteiger partial charge in [-0.3, -0.25) is 4.79 Å². The van der Waals surface area contributed by atoms with Crippen molar-refractivity contribution in [1.29, 1.82) is 0 Å². The lowest BCUT2D eigenvalue weighted by Crippen LogP contribution is -2.51. The first-order valence-electron chi connectivity index (χ1n) is 10.5. The van der Waals surface area contributed by atoms with E-state index in [1.54, 1.807) is 43.9 Å². The third-order valence-electron chi connectivity index (χ3n) is 6.45. The molecular formula is C23H25N5O3. The summed E-state index contributed by atoms with van der Waals surface area (Å²) in [6, 6.07) is 9.40. The molecule has 1 saturated heterocycles. The maximum Gasteiger partial charge on any atom is 0.256 e. The molecule has 160 valence electrons. The van der Waals surface area contributed by atoms with Crippen LogP contribution in [0.4, 0.5) is 0 Å². The fraction of sp³-hybridized carbons (Fsp3) is 0.391. The van der Waals surface area contributed by atoms with Gasteiger partial charge < -0.3 is 14.4 Å². The standard InChI is InChI=1S/C23H25N5O3/c1-14-4-7-22(24-13-14)31-21-11-16-10-20(21)27(15(16)2)23(29)18-6-5-17(30-3)12-19(18)28-25-8-9-26-28/h4-9,12-13,15-16,20-21H,10-11H2,1-3H3. The number of methoxy groups -OCH3 is 1. The Balaban J connectivity index is 1.44. The summed E-state index contributed by atoms with van der Waals surface area (Å²) in [6.45, 7) is 4.12. The van der Waals surface area contributed by atoms with Crippen molar-refractivity contribution in [3.8, 4) is 17.3 Å². The first-order valence-corrected chi connectivity index (χ1v) is 10.5. The monoisotopic (exact) mass is 419 g/mol. The van der Waals surface area contributed by atoms with E-state index < -0.39 is 0 Å². The summed E-state index contributed by atoms with van der Waals surface area (Å²) in [5.41, 5.74) is 2.23. The van der Waals surface area contributed by atoms with E-state index >= 15 is 0 Å². The van der Waals surface area contributed by atoms with Gasteiger partial charge in [0.25, 0.3) is 5.91 Å². The molecule has 2 aromatic heterocycles. The van der Waals surface area contributed by atoms with Gasteiger partial charge in [-0.05, 0) is 50.3 Å². The second kappa shape index (κ2) is 7.68. The summed E-state index contributed by atoms with van der Waals surface area (Å²) in [5, 5.41) is 8.45. The number of hydrogen-bond acceptors (Lipinski definition) is 6. The molecule has 0 spiro atoms. The molecule has 0 radical (unpaired) electrons. The molecular weight excluding hydrogens is 394 g/mol. The number of aryl methyl sites for hydroxylation is 1. The Labute approximate surface area is 180 Å². The van der Waals surface area contributed by atoms with Crippen LogP contribution in [-0.4, -0.2) is 56.1 Å². The van der Waals surface area contributed by atoms with Crippen molar-refractivity contribution in [2.45, 2.75) is 44.9 Å². The highest BCUT2D eigenvalue weighted by Crippen LogP contribution is 2.44. The van der Waals surface area contributed by atoms with Crippen LogP contribution in [0.3, 0.4) is 0 Å². The van der Waals surface area contributed by atoms with Crippen LogP contribution in [0.25, 0.3) is 5.69 Å². The zero-order chi connectivity index (χ0) is 21.5. The first-order chi connectivity index (χ1) is 15.0. The summed E-state index contributed by atoms with van der Waals surface area (Å²) in [5.74, 6) is 1.62. The average molecular weight is 419 g/mol. The van der Waals surface area contributed by atoms with Crippen LogP contribution in [0.2, 0.25) is 0 Å². The van der Waals surface area contributed by atoms with Gasteiger partial charge in [0.15, 0.2) is 0 Å². The van der Waals surface area contributed by atoms with Gasteiger partial charge in [0.05, 0.1) is 31.1 Å². The molecule has 2 fully saturated rings. The Hall–Kier alpha value is -3.42. The van der Waals surface area contributed by atoms with E-state index in [-0.39, 0.29) is 24.1 Å². The number of ether oxygens (including phenoxy) is 2. The van der Waals surface area contributed by atoms with Gasteiger partial charge in [-0.15, -0.1) is 0 Å². The number of carbonyl (C=O) groups excluding carboxylic acids is 1. The van der Waals surface area contributed by atoms with E-state index in [1.807, 2.05) is 24.0 Å². The zero-order valence-electron chi connectivity index (χ0n) is 17.8. The minimum Gasteiger partial charge on any atom is -0.497 e. The van der Waals surface area contributed by atoms with Crippen LogP contribution in [0, 0.1) is 12.8 Å². The molecule has 8 heteroatoms. The zero-order valence-corrected chi connectivity index (χ0v) is 17.8. The van der Waals surface area contributed by atoms with Crippen LogP contribution in [0.5, 0.6) is 11.6 Å². The first kappa shape index (κ1) is 19.5. The number of carbonyl (C=O) groups is 1. The topological polar surface area (TPSA) is 82.4 Å². The summed E-state index contributed by atoms with van der Waals surface area (Å²) in [4.78, 5) is 21.6. The van der Waals surface area contributed by atoms with E-state index in [1.165, 1.54) is 4.80 Å². The number of amides is 1. The normalized spacial score (nSPS) is 24.4. The maximum absolute atomic E-state index is 13.8. The number of hydrogen-bond donors (Lipinski definition) is 0. The van der Waals surface area contributed by atoms with Crippen LogP contribution in [-0.2, 0) is 0 Å². The SMILES string of the molecule is COc1ccc(C(=O)N2C(C)C3CC(Oc4ccc(C)cn4)C2C3)c(-n2nccn2)c1. The molecule has 1 amide bonds. The smallest absolute Gasteiger partial charge is 0.256 e. The number of benzene rings is 1. The largest absolute Gasteiger partial charge is 0.497 e. The average Bonchev–Trinajstić information content (AvgIpc) is 3.52. The quantitative estimate of drug-likeness (QED) is 0.632. The predicted molar refractivity (Wildman–Crippen MR) is 113 cm³/mol. The number of likely N-dealkylation sites (tertiary alicyclic amines) is 1. The summed E-state index contributed by atoms with van der Waals surface area (Å²) < 4.78 is 11.6. The predicted octanol–water partition coefficient (Wildman–Crippen LogP) is 3.05. The lowest BCUT2D eigenvalue weighted by atomic mass is 9.98. The Bertz CT molecular complexity index is 1080. The van der Waals surface area contributed by atoms with Gasteiger partial charge in [-0.1, -0.05) is 6.07 Å². The molecule has 4 unspecified atom stereocenters.